The first-order valence-corrected chi connectivity index (χ1v) is 9.41. The molecule has 1 fully saturated rings. The van der Waals surface area contributed by atoms with Crippen LogP contribution in [0.4, 0.5) is 17.1 Å². The van der Waals surface area contributed by atoms with Crippen molar-refractivity contribution in [3.63, 3.8) is 0 Å². The van der Waals surface area contributed by atoms with Crippen LogP contribution in [0.5, 0.6) is 0 Å². The van der Waals surface area contributed by atoms with E-state index in [0.717, 1.165) is 38.3 Å². The largest absolute Gasteiger partial charge is 0.341 e. The van der Waals surface area contributed by atoms with Gasteiger partial charge in [0.15, 0.2) is 0 Å². The number of halogens is 2. The summed E-state index contributed by atoms with van der Waals surface area (Å²) in [5.41, 5.74) is 4.71. The number of carbonyl (C=O) groups excluding carboxylic acids is 1. The van der Waals surface area contributed by atoms with E-state index in [1.54, 1.807) is 0 Å². The summed E-state index contributed by atoms with van der Waals surface area (Å²) in [4.78, 5) is 16.9. The summed E-state index contributed by atoms with van der Waals surface area (Å²) >= 11 is 0. The first-order valence-electron chi connectivity index (χ1n) is 9.41. The highest BCUT2D eigenvalue weighted by molar-refractivity contribution is 5.92. The first kappa shape index (κ1) is 22.5. The molecule has 0 aromatic heterocycles. The van der Waals surface area contributed by atoms with E-state index >= 15 is 0 Å². The van der Waals surface area contributed by atoms with E-state index in [9.17, 15) is 4.79 Å². The topological polar surface area (TPSA) is 47.6 Å². The van der Waals surface area contributed by atoms with Gasteiger partial charge in [-0.05, 0) is 49.2 Å². The molecule has 28 heavy (non-hydrogen) atoms. The zero-order valence-electron chi connectivity index (χ0n) is 16.1. The van der Waals surface area contributed by atoms with Gasteiger partial charge in [-0.2, -0.15) is 0 Å². The molecule has 2 aromatic carbocycles. The Labute approximate surface area is 179 Å². The van der Waals surface area contributed by atoms with Crippen LogP contribution >= 0.6 is 24.8 Å². The Bertz CT molecular complexity index is 784. The van der Waals surface area contributed by atoms with Crippen molar-refractivity contribution in [3.8, 4) is 0 Å². The van der Waals surface area contributed by atoms with E-state index in [1.807, 2.05) is 12.1 Å². The van der Waals surface area contributed by atoms with E-state index in [1.165, 1.54) is 16.9 Å². The highest BCUT2D eigenvalue weighted by Crippen LogP contribution is 2.34. The molecule has 2 heterocycles. The van der Waals surface area contributed by atoms with Crippen LogP contribution in [0.1, 0.15) is 12.5 Å². The van der Waals surface area contributed by atoms with Crippen LogP contribution in [-0.4, -0.2) is 49.6 Å². The second-order valence-electron chi connectivity index (χ2n) is 7.15. The second-order valence-corrected chi connectivity index (χ2v) is 7.15. The molecule has 2 aliphatic rings. The maximum absolute atomic E-state index is 12.3. The van der Waals surface area contributed by atoms with Gasteiger partial charge in [0.25, 0.3) is 0 Å². The summed E-state index contributed by atoms with van der Waals surface area (Å²) in [6.07, 6.45) is 1.08. The van der Waals surface area contributed by atoms with Crippen LogP contribution in [0.2, 0.25) is 0 Å². The number of para-hydroxylation sites is 1. The van der Waals surface area contributed by atoms with Crippen molar-refractivity contribution in [2.45, 2.75) is 19.4 Å². The number of anilines is 3. The zero-order chi connectivity index (χ0) is 17.9. The third kappa shape index (κ3) is 4.97. The van der Waals surface area contributed by atoms with Gasteiger partial charge in [0, 0.05) is 49.3 Å². The fraction of sp³-hybridized carbons (Fsp3) is 0.381. The van der Waals surface area contributed by atoms with Crippen molar-refractivity contribution < 1.29 is 4.79 Å². The number of hydrogen-bond donors (Lipinski definition) is 2. The van der Waals surface area contributed by atoms with E-state index in [4.69, 9.17) is 0 Å². The third-order valence-electron chi connectivity index (χ3n) is 5.34. The molecule has 5 nitrogen and oxygen atoms in total. The van der Waals surface area contributed by atoms with Crippen LogP contribution in [0, 0.1) is 0 Å². The maximum atomic E-state index is 12.3. The molecule has 0 unspecified atom stereocenters. The number of benzene rings is 2. The lowest BCUT2D eigenvalue weighted by atomic mass is 10.2. The first-order chi connectivity index (χ1) is 12.7. The standard InChI is InChI=1S/C21H26N4O.2ClH/c1-16-14-22-11-13-24(16)15-21(26)23-18-6-8-19(9-7-18)25-12-10-17-4-2-3-5-20(17)25;;/h2-9,16,22H,10-15H2,1H3,(H,23,26);2*1H/t16-;;/m0../s1. The quantitative estimate of drug-likeness (QED) is 0.791. The number of rotatable bonds is 4. The summed E-state index contributed by atoms with van der Waals surface area (Å²) in [5, 5.41) is 6.38. The van der Waals surface area contributed by atoms with Crippen LogP contribution in [0.3, 0.4) is 0 Å². The average Bonchev–Trinajstić information content (AvgIpc) is 3.08. The molecule has 0 aliphatic carbocycles. The Hall–Kier alpha value is -1.79. The monoisotopic (exact) mass is 422 g/mol. The molecule has 152 valence electrons. The summed E-state index contributed by atoms with van der Waals surface area (Å²) in [6, 6.07) is 17.1. The van der Waals surface area contributed by atoms with Gasteiger partial charge in [0.1, 0.15) is 0 Å². The molecule has 0 saturated carbocycles. The highest BCUT2D eigenvalue weighted by Gasteiger charge is 2.21. The Kier molecular flexibility index (Phi) is 8.13. The van der Waals surface area contributed by atoms with Gasteiger partial charge >= 0.3 is 0 Å². The van der Waals surface area contributed by atoms with Crippen molar-refractivity contribution in [2.75, 3.05) is 42.9 Å². The minimum absolute atomic E-state index is 0. The smallest absolute Gasteiger partial charge is 0.238 e. The molecule has 0 spiro atoms. The summed E-state index contributed by atoms with van der Waals surface area (Å²) in [7, 11) is 0. The number of carbonyl (C=O) groups is 1. The lowest BCUT2D eigenvalue weighted by Gasteiger charge is -2.33. The van der Waals surface area contributed by atoms with Gasteiger partial charge in [-0.1, -0.05) is 18.2 Å². The predicted molar refractivity (Wildman–Crippen MR) is 121 cm³/mol. The molecule has 0 radical (unpaired) electrons. The Morgan fingerprint density at radius 1 is 1.11 bits per heavy atom. The average molecular weight is 423 g/mol. The van der Waals surface area contributed by atoms with E-state index in [0.29, 0.717) is 12.6 Å². The summed E-state index contributed by atoms with van der Waals surface area (Å²) < 4.78 is 0. The van der Waals surface area contributed by atoms with E-state index in [2.05, 4.69) is 63.8 Å². The number of hydrogen-bond acceptors (Lipinski definition) is 4. The number of piperazine rings is 1. The van der Waals surface area contributed by atoms with Gasteiger partial charge in [0.05, 0.1) is 6.54 Å². The normalized spacial score (nSPS) is 18.6. The molecule has 7 heteroatoms. The molecule has 2 N–H and O–H groups in total. The van der Waals surface area contributed by atoms with Crippen molar-refractivity contribution in [2.24, 2.45) is 0 Å². The molecular weight excluding hydrogens is 395 g/mol. The molecule has 0 bridgehead atoms. The van der Waals surface area contributed by atoms with Crippen molar-refractivity contribution in [1.82, 2.24) is 10.2 Å². The molecule has 4 rings (SSSR count). The molecule has 2 aromatic rings. The second kappa shape index (κ2) is 10.1. The molecule has 1 amide bonds. The fourth-order valence-corrected chi connectivity index (χ4v) is 3.83. The van der Waals surface area contributed by atoms with Crippen LogP contribution < -0.4 is 15.5 Å². The van der Waals surface area contributed by atoms with Gasteiger partial charge in [-0.3, -0.25) is 9.69 Å². The van der Waals surface area contributed by atoms with Gasteiger partial charge in [-0.15, -0.1) is 24.8 Å². The highest BCUT2D eigenvalue weighted by atomic mass is 35.5. The maximum Gasteiger partial charge on any atom is 0.238 e. The minimum atomic E-state index is 0. The zero-order valence-corrected chi connectivity index (χ0v) is 17.7. The van der Waals surface area contributed by atoms with Gasteiger partial charge < -0.3 is 15.5 Å². The van der Waals surface area contributed by atoms with Crippen molar-refractivity contribution in [3.05, 3.63) is 54.1 Å². The fourth-order valence-electron chi connectivity index (χ4n) is 3.83. The summed E-state index contributed by atoms with van der Waals surface area (Å²) in [6.45, 7) is 6.42. The van der Waals surface area contributed by atoms with Gasteiger partial charge in [0.2, 0.25) is 5.91 Å². The van der Waals surface area contributed by atoms with Crippen LogP contribution in [-0.2, 0) is 11.2 Å². The minimum Gasteiger partial charge on any atom is -0.341 e. The van der Waals surface area contributed by atoms with Crippen molar-refractivity contribution in [1.29, 1.82) is 0 Å². The number of amides is 1. The van der Waals surface area contributed by atoms with Crippen molar-refractivity contribution >= 4 is 47.8 Å². The predicted octanol–water partition coefficient (Wildman–Crippen LogP) is 3.46. The Morgan fingerprint density at radius 3 is 2.61 bits per heavy atom. The molecule has 2 aliphatic heterocycles. The molecular formula is C21H28Cl2N4O. The summed E-state index contributed by atoms with van der Waals surface area (Å²) in [5.74, 6) is 0.0537. The van der Waals surface area contributed by atoms with E-state index in [-0.39, 0.29) is 30.7 Å². The number of fused-ring (bicyclic) bond motifs is 1. The molecule has 1 atom stereocenters. The number of nitrogens with zero attached hydrogens (tertiary/aromatic N) is 2. The van der Waals surface area contributed by atoms with Gasteiger partial charge in [-0.25, -0.2) is 0 Å². The third-order valence-corrected chi connectivity index (χ3v) is 5.34. The van der Waals surface area contributed by atoms with E-state index < -0.39 is 0 Å². The lowest BCUT2D eigenvalue weighted by Crippen LogP contribution is -2.51. The number of nitrogens with one attached hydrogen (secondary N) is 2. The molecule has 1 saturated heterocycles. The van der Waals surface area contributed by atoms with Crippen LogP contribution in [0.25, 0.3) is 0 Å². The Balaban J connectivity index is 0.00000140. The lowest BCUT2D eigenvalue weighted by molar-refractivity contribution is -0.118. The van der Waals surface area contributed by atoms with Crippen LogP contribution in [0.15, 0.2) is 48.5 Å². The SMILES string of the molecule is C[C@H]1CNCCN1CC(=O)Nc1ccc(N2CCc3ccccc32)cc1.Cl.Cl. The Morgan fingerprint density at radius 2 is 1.86 bits per heavy atom.